The first-order valence-corrected chi connectivity index (χ1v) is 7.46. The molecule has 3 nitrogen and oxygen atoms in total. The Kier molecular flexibility index (Phi) is 9.23. The fourth-order valence-corrected chi connectivity index (χ4v) is 1.89. The summed E-state index contributed by atoms with van der Waals surface area (Å²) < 4.78 is 4.84. The van der Waals surface area contributed by atoms with Crippen molar-refractivity contribution in [1.82, 2.24) is 0 Å². The third-order valence-corrected chi connectivity index (χ3v) is 3.03. The number of hydrogen-bond donors (Lipinski definition) is 1. The first kappa shape index (κ1) is 18.9. The van der Waals surface area contributed by atoms with Gasteiger partial charge in [-0.05, 0) is 52.9 Å². The normalized spacial score (nSPS) is 15.7. The molecule has 0 spiro atoms. The molecule has 0 radical (unpaired) electrons. The molecule has 0 heterocycles. The van der Waals surface area contributed by atoms with E-state index in [0.717, 1.165) is 19.3 Å². The van der Waals surface area contributed by atoms with E-state index in [4.69, 9.17) is 4.74 Å². The Morgan fingerprint density at radius 3 is 2.60 bits per heavy atom. The fraction of sp³-hybridized carbons (Fsp3) is 0.706. The quantitative estimate of drug-likeness (QED) is 0.513. The van der Waals surface area contributed by atoms with Crippen molar-refractivity contribution in [3.63, 3.8) is 0 Å². The van der Waals surface area contributed by atoms with Crippen molar-refractivity contribution in [3.8, 4) is 0 Å². The van der Waals surface area contributed by atoms with Gasteiger partial charge in [0.15, 0.2) is 0 Å². The molecule has 0 aliphatic carbocycles. The van der Waals surface area contributed by atoms with E-state index >= 15 is 0 Å². The zero-order chi connectivity index (χ0) is 15.6. The first-order valence-electron chi connectivity index (χ1n) is 7.46. The van der Waals surface area contributed by atoms with Crippen molar-refractivity contribution in [2.24, 2.45) is 5.92 Å². The van der Waals surface area contributed by atoms with Crippen LogP contribution < -0.4 is 0 Å². The van der Waals surface area contributed by atoms with E-state index in [1.165, 1.54) is 5.57 Å². The van der Waals surface area contributed by atoms with E-state index in [-0.39, 0.29) is 12.4 Å². The van der Waals surface area contributed by atoms with Gasteiger partial charge in [-0.2, -0.15) is 0 Å². The van der Waals surface area contributed by atoms with Crippen LogP contribution in [0.2, 0.25) is 0 Å². The number of esters is 1. The summed E-state index contributed by atoms with van der Waals surface area (Å²) in [5, 5.41) is 10.1. The fourth-order valence-electron chi connectivity index (χ4n) is 1.89. The second-order valence-electron chi connectivity index (χ2n) is 5.94. The number of carbonyl (C=O) groups excluding carboxylic acids is 1. The average molecular weight is 282 g/mol. The van der Waals surface area contributed by atoms with Gasteiger partial charge in [0.2, 0.25) is 0 Å². The lowest BCUT2D eigenvalue weighted by Gasteiger charge is -2.18. The maximum Gasteiger partial charge on any atom is 0.309 e. The second kappa shape index (κ2) is 9.76. The number of aliphatic hydroxyl groups is 1. The Hall–Kier alpha value is -1.09. The molecule has 20 heavy (non-hydrogen) atoms. The summed E-state index contributed by atoms with van der Waals surface area (Å²) in [4.78, 5) is 11.3. The Labute approximate surface area is 123 Å². The smallest absolute Gasteiger partial charge is 0.309 e. The van der Waals surface area contributed by atoms with Crippen LogP contribution in [0.1, 0.15) is 60.3 Å². The molecule has 116 valence electrons. The summed E-state index contributed by atoms with van der Waals surface area (Å²) in [5.74, 6) is 0.207. The summed E-state index contributed by atoms with van der Waals surface area (Å²) in [6.45, 7) is 10.2. The van der Waals surface area contributed by atoms with Gasteiger partial charge >= 0.3 is 5.97 Å². The van der Waals surface area contributed by atoms with Gasteiger partial charge in [-0.3, -0.25) is 4.79 Å². The topological polar surface area (TPSA) is 46.5 Å². The monoisotopic (exact) mass is 282 g/mol. The lowest BCUT2D eigenvalue weighted by Crippen LogP contribution is -2.26. The zero-order valence-corrected chi connectivity index (χ0v) is 13.6. The third-order valence-electron chi connectivity index (χ3n) is 3.03. The van der Waals surface area contributed by atoms with Gasteiger partial charge in [0.05, 0.1) is 18.6 Å². The molecule has 0 saturated heterocycles. The molecular weight excluding hydrogens is 252 g/mol. The third kappa shape index (κ3) is 10.8. The van der Waals surface area contributed by atoms with E-state index < -0.39 is 5.60 Å². The summed E-state index contributed by atoms with van der Waals surface area (Å²) in [7, 11) is 0. The highest BCUT2D eigenvalue weighted by Gasteiger charge is 2.21. The van der Waals surface area contributed by atoms with Gasteiger partial charge < -0.3 is 9.84 Å². The van der Waals surface area contributed by atoms with E-state index in [9.17, 15) is 9.90 Å². The first-order chi connectivity index (χ1) is 9.26. The second-order valence-corrected chi connectivity index (χ2v) is 5.94. The van der Waals surface area contributed by atoms with Crippen molar-refractivity contribution in [2.75, 3.05) is 6.61 Å². The molecule has 3 heteroatoms. The van der Waals surface area contributed by atoms with Gasteiger partial charge in [0.25, 0.3) is 0 Å². The molecule has 0 bridgehead atoms. The van der Waals surface area contributed by atoms with Crippen LogP contribution in [-0.4, -0.2) is 23.3 Å². The highest BCUT2D eigenvalue weighted by molar-refractivity contribution is 5.71. The van der Waals surface area contributed by atoms with E-state index in [2.05, 4.69) is 26.8 Å². The number of hydrogen-bond acceptors (Lipinski definition) is 3. The molecule has 0 aromatic rings. The van der Waals surface area contributed by atoms with Crippen LogP contribution >= 0.6 is 0 Å². The van der Waals surface area contributed by atoms with Gasteiger partial charge in [-0.25, -0.2) is 0 Å². The lowest BCUT2D eigenvalue weighted by molar-refractivity contribution is -0.146. The van der Waals surface area contributed by atoms with Crippen molar-refractivity contribution < 1.29 is 14.6 Å². The Morgan fingerprint density at radius 1 is 1.40 bits per heavy atom. The predicted molar refractivity (Wildman–Crippen MR) is 83.5 cm³/mol. The molecular formula is C17H30O3. The van der Waals surface area contributed by atoms with Crippen molar-refractivity contribution in [3.05, 3.63) is 23.8 Å². The Balaban J connectivity index is 4.08. The molecule has 0 aliphatic heterocycles. The summed E-state index contributed by atoms with van der Waals surface area (Å²) in [5.41, 5.74) is 0.233. The van der Waals surface area contributed by atoms with Crippen LogP contribution in [0.25, 0.3) is 0 Å². The maximum absolute atomic E-state index is 11.3. The molecule has 0 amide bonds. The number of allylic oxidation sites excluding steroid dienone is 3. The van der Waals surface area contributed by atoms with Crippen LogP contribution in [0.3, 0.4) is 0 Å². The largest absolute Gasteiger partial charge is 0.466 e. The molecule has 0 fully saturated rings. The lowest BCUT2D eigenvalue weighted by atomic mass is 9.97. The highest BCUT2D eigenvalue weighted by Crippen LogP contribution is 2.16. The molecule has 2 unspecified atom stereocenters. The molecule has 0 saturated carbocycles. The minimum absolute atomic E-state index is 0.00346. The molecule has 1 N–H and O–H groups in total. The predicted octanol–water partition coefficient (Wildman–Crippen LogP) is 4.02. The number of rotatable bonds is 9. The SMILES string of the molecule is CCOC(=O)CC(C)(O)C=CCC(C)CCC=C(C)C. The molecule has 2 atom stereocenters. The highest BCUT2D eigenvalue weighted by atomic mass is 16.5. The molecule has 0 aliphatic rings. The van der Waals surface area contributed by atoms with Crippen LogP contribution in [0.4, 0.5) is 0 Å². The van der Waals surface area contributed by atoms with Crippen molar-refractivity contribution in [2.45, 2.75) is 65.9 Å². The minimum Gasteiger partial charge on any atom is -0.466 e. The maximum atomic E-state index is 11.3. The van der Waals surface area contributed by atoms with Gasteiger partial charge in [-0.1, -0.05) is 30.7 Å². The van der Waals surface area contributed by atoms with Crippen LogP contribution in [-0.2, 0) is 9.53 Å². The van der Waals surface area contributed by atoms with Crippen LogP contribution in [0.15, 0.2) is 23.8 Å². The van der Waals surface area contributed by atoms with Crippen molar-refractivity contribution >= 4 is 5.97 Å². The van der Waals surface area contributed by atoms with E-state index in [0.29, 0.717) is 12.5 Å². The van der Waals surface area contributed by atoms with Gasteiger partial charge in [0.1, 0.15) is 0 Å². The van der Waals surface area contributed by atoms with Gasteiger partial charge in [-0.15, -0.1) is 0 Å². The van der Waals surface area contributed by atoms with Crippen molar-refractivity contribution in [1.29, 1.82) is 0 Å². The summed E-state index contributed by atoms with van der Waals surface area (Å²) >= 11 is 0. The van der Waals surface area contributed by atoms with Crippen LogP contribution in [0, 0.1) is 5.92 Å². The Morgan fingerprint density at radius 2 is 2.05 bits per heavy atom. The zero-order valence-electron chi connectivity index (χ0n) is 13.6. The summed E-state index contributed by atoms with van der Waals surface area (Å²) in [6, 6.07) is 0. The van der Waals surface area contributed by atoms with E-state index in [1.54, 1.807) is 19.9 Å². The number of carbonyl (C=O) groups is 1. The molecule has 0 aromatic heterocycles. The standard InChI is InChI=1S/C17H30O3/c1-6-20-16(18)13-17(5,19)12-8-11-15(4)10-7-9-14(2)3/h8-9,12,15,19H,6-7,10-11,13H2,1-5H3. The summed E-state index contributed by atoms with van der Waals surface area (Å²) in [6.07, 6.45) is 9.07. The molecule has 0 rings (SSSR count). The molecule has 0 aromatic carbocycles. The average Bonchev–Trinajstić information content (AvgIpc) is 2.27. The Bertz CT molecular complexity index is 336. The number of ether oxygens (including phenoxy) is 1. The van der Waals surface area contributed by atoms with Gasteiger partial charge in [0, 0.05) is 0 Å². The van der Waals surface area contributed by atoms with E-state index in [1.807, 2.05) is 6.08 Å². The minimum atomic E-state index is -1.12. The van der Waals surface area contributed by atoms with Crippen LogP contribution in [0.5, 0.6) is 0 Å².